The van der Waals surface area contributed by atoms with E-state index in [0.717, 1.165) is 19.9 Å². The van der Waals surface area contributed by atoms with Crippen LogP contribution < -0.4 is 9.62 Å². The van der Waals surface area contributed by atoms with E-state index in [1.54, 1.807) is 42.5 Å². The van der Waals surface area contributed by atoms with Crippen molar-refractivity contribution in [3.8, 4) is 0 Å². The molecule has 0 saturated carbocycles. The van der Waals surface area contributed by atoms with E-state index in [1.165, 1.54) is 5.56 Å². The van der Waals surface area contributed by atoms with Crippen LogP contribution in [0.3, 0.4) is 0 Å². The molecular weight excluding hydrogens is 512 g/mol. The zero-order chi connectivity index (χ0) is 25.1. The molecule has 3 aromatic rings. The molecule has 0 spiro atoms. The van der Waals surface area contributed by atoms with Crippen LogP contribution in [-0.4, -0.2) is 20.9 Å². The zero-order valence-corrected chi connectivity index (χ0v) is 22.6. The van der Waals surface area contributed by atoms with Crippen LogP contribution in [0.4, 0.5) is 5.69 Å². The number of amides is 1. The van der Waals surface area contributed by atoms with Crippen molar-refractivity contribution in [2.45, 2.75) is 51.0 Å². The predicted octanol–water partition coefficient (Wildman–Crippen LogP) is 6.13. The van der Waals surface area contributed by atoms with Crippen LogP contribution in [0.1, 0.15) is 50.4 Å². The Labute approximate surface area is 211 Å². The van der Waals surface area contributed by atoms with Gasteiger partial charge in [0, 0.05) is 4.47 Å². The zero-order valence-electron chi connectivity index (χ0n) is 20.2. The molecule has 180 valence electrons. The average Bonchev–Trinajstić information content (AvgIpc) is 2.77. The summed E-state index contributed by atoms with van der Waals surface area (Å²) in [4.78, 5) is 13.2. The molecule has 0 bridgehead atoms. The van der Waals surface area contributed by atoms with E-state index >= 15 is 0 Å². The van der Waals surface area contributed by atoms with Gasteiger partial charge in [-0.05, 0) is 60.7 Å². The molecule has 0 aliphatic rings. The van der Waals surface area contributed by atoms with E-state index < -0.39 is 10.0 Å². The van der Waals surface area contributed by atoms with E-state index in [2.05, 4.69) is 54.2 Å². The summed E-state index contributed by atoms with van der Waals surface area (Å²) in [6.45, 7) is 9.90. The van der Waals surface area contributed by atoms with Gasteiger partial charge >= 0.3 is 0 Å². The summed E-state index contributed by atoms with van der Waals surface area (Å²) in [6.07, 6.45) is 0. The lowest BCUT2D eigenvalue weighted by molar-refractivity contribution is -0.120. The molecule has 7 heteroatoms. The number of hydrogen-bond donors (Lipinski definition) is 1. The lowest BCUT2D eigenvalue weighted by Gasteiger charge is -2.25. The Bertz CT molecular complexity index is 1250. The maximum Gasteiger partial charge on any atom is 0.264 e. The molecule has 5 nitrogen and oxygen atoms in total. The van der Waals surface area contributed by atoms with Gasteiger partial charge in [0.15, 0.2) is 0 Å². The van der Waals surface area contributed by atoms with Gasteiger partial charge in [-0.15, -0.1) is 0 Å². The number of nitrogens with zero attached hydrogens (tertiary/aromatic N) is 1. The SMILES string of the molecule is Cc1ccc(S(=O)(=O)N(CC(=O)N[C@@H](C)c2ccc(C(C)(C)C)cc2)c2cccc(Br)c2)cc1. The molecule has 34 heavy (non-hydrogen) atoms. The fraction of sp³-hybridized carbons (Fsp3) is 0.296. The lowest BCUT2D eigenvalue weighted by atomic mass is 9.86. The van der Waals surface area contributed by atoms with Crippen LogP contribution in [0.25, 0.3) is 0 Å². The standard InChI is InChI=1S/C27H31BrN2O3S/c1-19-9-15-25(16-10-19)34(32,33)30(24-8-6-7-23(28)17-24)18-26(31)29-20(2)21-11-13-22(14-12-21)27(3,4)5/h6-17,20H,18H2,1-5H3,(H,29,31)/t20-/m0/s1. The molecule has 0 unspecified atom stereocenters. The normalized spacial score (nSPS) is 12.8. The maximum absolute atomic E-state index is 13.5. The minimum atomic E-state index is -3.95. The van der Waals surface area contributed by atoms with Crippen LogP contribution in [0.5, 0.6) is 0 Å². The van der Waals surface area contributed by atoms with Crippen molar-refractivity contribution >= 4 is 37.5 Å². The van der Waals surface area contributed by atoms with Crippen molar-refractivity contribution in [3.05, 3.63) is 94.0 Å². The molecule has 3 aromatic carbocycles. The monoisotopic (exact) mass is 542 g/mol. The minimum Gasteiger partial charge on any atom is -0.348 e. The van der Waals surface area contributed by atoms with Crippen molar-refractivity contribution in [2.24, 2.45) is 0 Å². The number of benzene rings is 3. The third-order valence-corrected chi connectivity index (χ3v) is 7.93. The highest BCUT2D eigenvalue weighted by molar-refractivity contribution is 9.10. The van der Waals surface area contributed by atoms with Gasteiger partial charge in [0.2, 0.25) is 5.91 Å². The number of carbonyl (C=O) groups is 1. The molecule has 1 amide bonds. The number of carbonyl (C=O) groups excluding carboxylic acids is 1. The van der Waals surface area contributed by atoms with Gasteiger partial charge in [-0.25, -0.2) is 8.42 Å². The third kappa shape index (κ3) is 6.27. The van der Waals surface area contributed by atoms with Crippen molar-refractivity contribution in [2.75, 3.05) is 10.8 Å². The van der Waals surface area contributed by atoms with E-state index in [-0.39, 0.29) is 28.8 Å². The van der Waals surface area contributed by atoms with Crippen LogP contribution in [0.15, 0.2) is 82.2 Å². The van der Waals surface area contributed by atoms with Crippen LogP contribution >= 0.6 is 15.9 Å². The van der Waals surface area contributed by atoms with Crippen molar-refractivity contribution in [1.29, 1.82) is 0 Å². The molecule has 0 saturated heterocycles. The predicted molar refractivity (Wildman–Crippen MR) is 142 cm³/mol. The number of sulfonamides is 1. The highest BCUT2D eigenvalue weighted by Crippen LogP contribution is 2.27. The van der Waals surface area contributed by atoms with E-state index in [1.807, 2.05) is 32.0 Å². The molecule has 1 N–H and O–H groups in total. The maximum atomic E-state index is 13.5. The smallest absolute Gasteiger partial charge is 0.264 e. The Morgan fingerprint density at radius 3 is 2.18 bits per heavy atom. The van der Waals surface area contributed by atoms with Gasteiger partial charge in [-0.1, -0.05) is 84.7 Å². The van der Waals surface area contributed by atoms with Gasteiger partial charge in [0.1, 0.15) is 6.54 Å². The second-order valence-electron chi connectivity index (χ2n) is 9.47. The highest BCUT2D eigenvalue weighted by atomic mass is 79.9. The topological polar surface area (TPSA) is 66.5 Å². The van der Waals surface area contributed by atoms with Gasteiger partial charge < -0.3 is 5.32 Å². The summed E-state index contributed by atoms with van der Waals surface area (Å²) in [5.41, 5.74) is 3.57. The van der Waals surface area contributed by atoms with Crippen molar-refractivity contribution in [3.63, 3.8) is 0 Å². The molecule has 1 atom stereocenters. The quantitative estimate of drug-likeness (QED) is 0.390. The Morgan fingerprint density at radius 1 is 1.00 bits per heavy atom. The first-order chi connectivity index (χ1) is 15.9. The number of aryl methyl sites for hydroxylation is 1. The Morgan fingerprint density at radius 2 is 1.62 bits per heavy atom. The fourth-order valence-electron chi connectivity index (χ4n) is 3.56. The molecular formula is C27H31BrN2O3S. The van der Waals surface area contributed by atoms with Crippen molar-refractivity contribution < 1.29 is 13.2 Å². The fourth-order valence-corrected chi connectivity index (χ4v) is 5.36. The van der Waals surface area contributed by atoms with Gasteiger partial charge in [0.25, 0.3) is 10.0 Å². The van der Waals surface area contributed by atoms with Gasteiger partial charge in [-0.2, -0.15) is 0 Å². The summed E-state index contributed by atoms with van der Waals surface area (Å²) in [6, 6.07) is 21.4. The summed E-state index contributed by atoms with van der Waals surface area (Å²) in [5.74, 6) is -0.386. The number of halogens is 1. The largest absolute Gasteiger partial charge is 0.348 e. The first-order valence-electron chi connectivity index (χ1n) is 11.1. The number of rotatable bonds is 7. The number of nitrogens with one attached hydrogen (secondary N) is 1. The lowest BCUT2D eigenvalue weighted by Crippen LogP contribution is -2.41. The third-order valence-electron chi connectivity index (χ3n) is 5.65. The number of anilines is 1. The summed E-state index contributed by atoms with van der Waals surface area (Å²) in [5, 5.41) is 2.95. The van der Waals surface area contributed by atoms with E-state index in [4.69, 9.17) is 0 Å². The molecule has 0 aliphatic carbocycles. The average molecular weight is 544 g/mol. The first-order valence-corrected chi connectivity index (χ1v) is 13.4. The van der Waals surface area contributed by atoms with Crippen LogP contribution in [-0.2, 0) is 20.2 Å². The Balaban J connectivity index is 1.85. The summed E-state index contributed by atoms with van der Waals surface area (Å²) >= 11 is 3.40. The molecule has 0 aliphatic heterocycles. The van der Waals surface area contributed by atoms with Crippen LogP contribution in [0, 0.1) is 6.92 Å². The van der Waals surface area contributed by atoms with Gasteiger partial charge in [-0.3, -0.25) is 9.10 Å². The Hall–Kier alpha value is -2.64. The molecule has 0 fully saturated rings. The second kappa shape index (κ2) is 10.3. The first kappa shape index (κ1) is 26.0. The Kier molecular flexibility index (Phi) is 7.88. The number of hydrogen-bond acceptors (Lipinski definition) is 3. The van der Waals surface area contributed by atoms with Crippen LogP contribution in [0.2, 0.25) is 0 Å². The van der Waals surface area contributed by atoms with E-state index in [0.29, 0.717) is 5.69 Å². The van der Waals surface area contributed by atoms with Crippen molar-refractivity contribution in [1.82, 2.24) is 5.32 Å². The van der Waals surface area contributed by atoms with Gasteiger partial charge in [0.05, 0.1) is 16.6 Å². The highest BCUT2D eigenvalue weighted by Gasteiger charge is 2.28. The summed E-state index contributed by atoms with van der Waals surface area (Å²) < 4.78 is 28.9. The second-order valence-corrected chi connectivity index (χ2v) is 12.2. The molecule has 0 aromatic heterocycles. The summed E-state index contributed by atoms with van der Waals surface area (Å²) in [7, 11) is -3.95. The molecule has 0 radical (unpaired) electrons. The molecule has 3 rings (SSSR count). The minimum absolute atomic E-state index is 0.0415. The molecule has 0 heterocycles. The van der Waals surface area contributed by atoms with E-state index in [9.17, 15) is 13.2 Å².